The Bertz CT molecular complexity index is 445. The van der Waals surface area contributed by atoms with Crippen LogP contribution in [-0.2, 0) is 14.6 Å². The monoisotopic (exact) mass is 334 g/mol. The summed E-state index contributed by atoms with van der Waals surface area (Å²) in [7, 11) is -3.63. The quantitative estimate of drug-likeness (QED) is 0.717. The molecule has 2 N–H and O–H groups in total. The van der Waals surface area contributed by atoms with Crippen molar-refractivity contribution in [2.45, 2.75) is 23.1 Å². The summed E-state index contributed by atoms with van der Waals surface area (Å²) >= 11 is -0.248. The molecule has 5 nitrogen and oxygen atoms in total. The molecule has 0 aliphatic carbocycles. The fourth-order valence-corrected chi connectivity index (χ4v) is 3.88. The van der Waals surface area contributed by atoms with Crippen molar-refractivity contribution in [3.05, 3.63) is 0 Å². The molecule has 0 spiro atoms. The van der Waals surface area contributed by atoms with Crippen LogP contribution in [0.15, 0.2) is 0 Å². The molecule has 0 aromatic carbocycles. The number of alkyl halides is 3. The van der Waals surface area contributed by atoms with Crippen LogP contribution in [0.1, 0.15) is 12.8 Å². The van der Waals surface area contributed by atoms with E-state index in [1.807, 2.05) is 0 Å². The van der Waals surface area contributed by atoms with Gasteiger partial charge in [-0.2, -0.15) is 13.2 Å². The molecule has 0 radical (unpaired) electrons. The molecule has 20 heavy (non-hydrogen) atoms. The third-order valence-corrected chi connectivity index (χ3v) is 5.94. The third-order valence-electron chi connectivity index (χ3n) is 3.19. The molecular weight excluding hydrogens is 317 g/mol. The fourth-order valence-electron chi connectivity index (χ4n) is 2.09. The van der Waals surface area contributed by atoms with E-state index >= 15 is 0 Å². The van der Waals surface area contributed by atoms with Crippen molar-refractivity contribution in [3.8, 4) is 0 Å². The molecular formula is C10H17F3N2O3S2. The second-order valence-corrected chi connectivity index (χ2v) is 8.05. The van der Waals surface area contributed by atoms with Crippen molar-refractivity contribution < 1.29 is 26.4 Å². The Morgan fingerprint density at radius 1 is 1.35 bits per heavy atom. The number of sulfone groups is 1. The molecule has 0 bridgehead atoms. The minimum absolute atomic E-state index is 0.129. The molecule has 1 amide bonds. The molecule has 1 saturated heterocycles. The lowest BCUT2D eigenvalue weighted by molar-refractivity contribution is -0.124. The Hall–Kier alpha value is -0.480. The SMILES string of the molecule is CS(=O)(=O)C1(C(=O)NCCSC(F)(F)F)CCNCC1. The normalized spacial score (nSPS) is 19.6. The highest BCUT2D eigenvalue weighted by Gasteiger charge is 2.48. The first-order valence-corrected chi connectivity index (χ1v) is 8.85. The molecule has 1 fully saturated rings. The second kappa shape index (κ2) is 6.52. The first kappa shape index (κ1) is 17.6. The summed E-state index contributed by atoms with van der Waals surface area (Å²) in [6, 6.07) is 0. The van der Waals surface area contributed by atoms with Gasteiger partial charge in [0.15, 0.2) is 14.6 Å². The largest absolute Gasteiger partial charge is 0.441 e. The molecule has 0 atom stereocenters. The third kappa shape index (κ3) is 4.52. The molecule has 10 heteroatoms. The number of rotatable bonds is 5. The lowest BCUT2D eigenvalue weighted by Gasteiger charge is -2.34. The Morgan fingerprint density at radius 2 is 1.90 bits per heavy atom. The summed E-state index contributed by atoms with van der Waals surface area (Å²) < 4.78 is 58.0. The molecule has 0 saturated carbocycles. The van der Waals surface area contributed by atoms with Crippen LogP contribution in [0.25, 0.3) is 0 Å². The number of nitrogens with one attached hydrogen (secondary N) is 2. The Kier molecular flexibility index (Phi) is 5.73. The minimum Gasteiger partial charge on any atom is -0.354 e. The lowest BCUT2D eigenvalue weighted by atomic mass is 9.96. The maximum atomic E-state index is 12.1. The van der Waals surface area contributed by atoms with Crippen LogP contribution in [-0.4, -0.2) is 56.2 Å². The smallest absolute Gasteiger partial charge is 0.354 e. The van der Waals surface area contributed by atoms with E-state index in [2.05, 4.69) is 10.6 Å². The standard InChI is InChI=1S/C10H17F3N2O3S2/c1-20(17,18)9(2-4-14-5-3-9)8(16)15-6-7-19-10(11,12)13/h14H,2-7H2,1H3,(H,15,16). The van der Waals surface area contributed by atoms with Gasteiger partial charge in [0, 0.05) is 18.6 Å². The van der Waals surface area contributed by atoms with Gasteiger partial charge in [-0.25, -0.2) is 8.42 Å². The summed E-state index contributed by atoms with van der Waals surface area (Å²) in [4.78, 5) is 12.1. The van der Waals surface area contributed by atoms with Gasteiger partial charge in [0.05, 0.1) is 0 Å². The highest BCUT2D eigenvalue weighted by molar-refractivity contribution is 8.00. The van der Waals surface area contributed by atoms with Crippen LogP contribution >= 0.6 is 11.8 Å². The zero-order valence-electron chi connectivity index (χ0n) is 10.9. The fraction of sp³-hybridized carbons (Fsp3) is 0.900. The number of halogens is 3. The molecule has 1 aliphatic rings. The molecule has 1 rings (SSSR count). The number of amides is 1. The second-order valence-electron chi connectivity index (χ2n) is 4.57. The predicted molar refractivity (Wildman–Crippen MR) is 71.2 cm³/mol. The van der Waals surface area contributed by atoms with Crippen molar-refractivity contribution >= 4 is 27.5 Å². The van der Waals surface area contributed by atoms with Crippen molar-refractivity contribution in [1.29, 1.82) is 0 Å². The lowest BCUT2D eigenvalue weighted by Crippen LogP contribution is -2.57. The minimum atomic E-state index is -4.35. The van der Waals surface area contributed by atoms with E-state index < -0.39 is 26.0 Å². The van der Waals surface area contributed by atoms with Crippen molar-refractivity contribution in [3.63, 3.8) is 0 Å². The summed E-state index contributed by atoms with van der Waals surface area (Å²) in [5.74, 6) is -1.04. The molecule has 118 valence electrons. The van der Waals surface area contributed by atoms with Gasteiger partial charge in [0.25, 0.3) is 0 Å². The van der Waals surface area contributed by atoms with Crippen LogP contribution in [0.4, 0.5) is 13.2 Å². The Morgan fingerprint density at radius 3 is 2.35 bits per heavy atom. The number of hydrogen-bond donors (Lipinski definition) is 2. The van der Waals surface area contributed by atoms with Gasteiger partial charge in [-0.05, 0) is 37.7 Å². The van der Waals surface area contributed by atoms with Crippen LogP contribution in [0.2, 0.25) is 0 Å². The molecule has 0 aromatic rings. The van der Waals surface area contributed by atoms with E-state index in [1.54, 1.807) is 0 Å². The van der Waals surface area contributed by atoms with Crippen LogP contribution in [0.3, 0.4) is 0 Å². The Balaban J connectivity index is 2.62. The first-order valence-electron chi connectivity index (χ1n) is 5.98. The molecule has 1 heterocycles. The number of carbonyl (C=O) groups excluding carboxylic acids is 1. The van der Waals surface area contributed by atoms with E-state index in [1.165, 1.54) is 0 Å². The van der Waals surface area contributed by atoms with Crippen LogP contribution < -0.4 is 10.6 Å². The number of hydrogen-bond acceptors (Lipinski definition) is 5. The van der Waals surface area contributed by atoms with E-state index in [-0.39, 0.29) is 36.9 Å². The highest BCUT2D eigenvalue weighted by Crippen LogP contribution is 2.30. The van der Waals surface area contributed by atoms with Crippen molar-refractivity contribution in [2.24, 2.45) is 0 Å². The Labute approximate surface area is 120 Å². The zero-order chi connectivity index (χ0) is 15.4. The molecule has 0 aromatic heterocycles. The van der Waals surface area contributed by atoms with Gasteiger partial charge in [0.2, 0.25) is 5.91 Å². The van der Waals surface area contributed by atoms with Crippen LogP contribution in [0, 0.1) is 0 Å². The van der Waals surface area contributed by atoms with Gasteiger partial charge in [0.1, 0.15) is 0 Å². The van der Waals surface area contributed by atoms with Gasteiger partial charge in [-0.15, -0.1) is 0 Å². The summed E-state index contributed by atoms with van der Waals surface area (Å²) in [6.07, 6.45) is 1.25. The topological polar surface area (TPSA) is 75.3 Å². The van der Waals surface area contributed by atoms with Gasteiger partial charge < -0.3 is 10.6 Å². The average molecular weight is 334 g/mol. The average Bonchev–Trinajstić information content (AvgIpc) is 2.32. The van der Waals surface area contributed by atoms with Crippen molar-refractivity contribution in [2.75, 3.05) is 31.6 Å². The van der Waals surface area contributed by atoms with E-state index in [4.69, 9.17) is 0 Å². The zero-order valence-corrected chi connectivity index (χ0v) is 12.6. The van der Waals surface area contributed by atoms with Crippen molar-refractivity contribution in [1.82, 2.24) is 10.6 Å². The predicted octanol–water partition coefficient (Wildman–Crippen LogP) is 0.522. The van der Waals surface area contributed by atoms with E-state index in [9.17, 15) is 26.4 Å². The maximum absolute atomic E-state index is 12.1. The highest BCUT2D eigenvalue weighted by atomic mass is 32.2. The summed E-state index contributed by atoms with van der Waals surface area (Å²) in [5.41, 5.74) is -4.35. The summed E-state index contributed by atoms with van der Waals surface area (Å²) in [5, 5.41) is 5.26. The number of piperidine rings is 1. The molecule has 0 unspecified atom stereocenters. The van der Waals surface area contributed by atoms with Gasteiger partial charge >= 0.3 is 5.51 Å². The maximum Gasteiger partial charge on any atom is 0.441 e. The van der Waals surface area contributed by atoms with Gasteiger partial charge in [-0.1, -0.05) is 0 Å². The van der Waals surface area contributed by atoms with Crippen LogP contribution in [0.5, 0.6) is 0 Å². The van der Waals surface area contributed by atoms with E-state index in [0.717, 1.165) is 6.26 Å². The first-order chi connectivity index (χ1) is 9.08. The van der Waals surface area contributed by atoms with Gasteiger partial charge in [-0.3, -0.25) is 4.79 Å². The number of carbonyl (C=O) groups is 1. The molecule has 1 aliphatic heterocycles. The van der Waals surface area contributed by atoms with E-state index in [0.29, 0.717) is 13.1 Å². The summed E-state index contributed by atoms with van der Waals surface area (Å²) in [6.45, 7) is 0.559. The number of thioether (sulfide) groups is 1.